The molecule has 1 aromatic heterocycles. The van der Waals surface area contributed by atoms with Gasteiger partial charge in [0.1, 0.15) is 5.54 Å². The zero-order valence-corrected chi connectivity index (χ0v) is 10.6. The molecule has 1 aromatic carbocycles. The number of carboxylic acid groups (broad SMARTS) is 1. The molecule has 1 unspecified atom stereocenters. The number of H-pyrrole nitrogens is 1. The summed E-state index contributed by atoms with van der Waals surface area (Å²) in [5.41, 5.74) is 7.08. The molecule has 5 nitrogen and oxygen atoms in total. The van der Waals surface area contributed by atoms with Gasteiger partial charge in [-0.2, -0.15) is 0 Å². The van der Waals surface area contributed by atoms with E-state index in [1.807, 2.05) is 24.4 Å². The number of aliphatic carboxylic acids is 1. The predicted molar refractivity (Wildman–Crippen MR) is 72.7 cm³/mol. The number of fused-ring (bicyclic) bond motifs is 1. The van der Waals surface area contributed by atoms with E-state index >= 15 is 0 Å². The van der Waals surface area contributed by atoms with Crippen molar-refractivity contribution in [3.05, 3.63) is 36.0 Å². The third kappa shape index (κ3) is 2.11. The number of hydrogen-bond acceptors (Lipinski definition) is 3. The molecule has 1 aliphatic heterocycles. The Morgan fingerprint density at radius 1 is 1.47 bits per heavy atom. The molecule has 1 fully saturated rings. The predicted octanol–water partition coefficient (Wildman–Crippen LogP) is 1.16. The van der Waals surface area contributed by atoms with Crippen LogP contribution in [-0.2, 0) is 11.3 Å². The summed E-state index contributed by atoms with van der Waals surface area (Å²) in [6, 6.07) is 8.11. The first-order chi connectivity index (χ1) is 9.08. The van der Waals surface area contributed by atoms with Crippen molar-refractivity contribution in [3.8, 4) is 0 Å². The molecule has 19 heavy (non-hydrogen) atoms. The molecule has 0 bridgehead atoms. The number of hydrogen-bond donors (Lipinski definition) is 3. The Bertz CT molecular complexity index is 622. The SMILES string of the molecule is NC1(C(=O)O)CCN(Cc2c[nH]c3ccccc23)C1. The van der Waals surface area contributed by atoms with Crippen molar-refractivity contribution in [1.82, 2.24) is 9.88 Å². The van der Waals surface area contributed by atoms with E-state index in [2.05, 4.69) is 16.0 Å². The number of rotatable bonds is 3. The highest BCUT2D eigenvalue weighted by Crippen LogP contribution is 2.24. The van der Waals surface area contributed by atoms with Crippen LogP contribution in [0.15, 0.2) is 30.5 Å². The summed E-state index contributed by atoms with van der Waals surface area (Å²) in [4.78, 5) is 16.5. The van der Waals surface area contributed by atoms with Crippen LogP contribution in [0.3, 0.4) is 0 Å². The van der Waals surface area contributed by atoms with Gasteiger partial charge in [-0.3, -0.25) is 9.69 Å². The lowest BCUT2D eigenvalue weighted by Crippen LogP contribution is -2.50. The first kappa shape index (κ1) is 12.2. The molecule has 0 radical (unpaired) electrons. The first-order valence-electron chi connectivity index (χ1n) is 6.38. The molecular weight excluding hydrogens is 242 g/mol. The number of benzene rings is 1. The second-order valence-electron chi connectivity index (χ2n) is 5.28. The van der Waals surface area contributed by atoms with Crippen molar-refractivity contribution in [3.63, 3.8) is 0 Å². The van der Waals surface area contributed by atoms with Crippen molar-refractivity contribution in [2.75, 3.05) is 13.1 Å². The Kier molecular flexibility index (Phi) is 2.80. The lowest BCUT2D eigenvalue weighted by Gasteiger charge is -2.19. The Morgan fingerprint density at radius 2 is 2.26 bits per heavy atom. The highest BCUT2D eigenvalue weighted by Gasteiger charge is 2.41. The third-order valence-electron chi connectivity index (χ3n) is 3.87. The molecule has 2 aromatic rings. The average Bonchev–Trinajstić information content (AvgIpc) is 2.96. The minimum absolute atomic E-state index is 0.405. The molecule has 0 spiro atoms. The molecule has 0 amide bonds. The van der Waals surface area contributed by atoms with Crippen LogP contribution >= 0.6 is 0 Å². The van der Waals surface area contributed by atoms with Gasteiger partial charge in [-0.15, -0.1) is 0 Å². The molecule has 2 heterocycles. The lowest BCUT2D eigenvalue weighted by molar-refractivity contribution is -0.142. The van der Waals surface area contributed by atoms with Crippen LogP contribution in [0.5, 0.6) is 0 Å². The maximum Gasteiger partial charge on any atom is 0.325 e. The van der Waals surface area contributed by atoms with Gasteiger partial charge in [0.2, 0.25) is 0 Å². The number of aromatic nitrogens is 1. The lowest BCUT2D eigenvalue weighted by atomic mass is 10.0. The molecule has 1 atom stereocenters. The van der Waals surface area contributed by atoms with E-state index in [-0.39, 0.29) is 0 Å². The fourth-order valence-corrected chi connectivity index (χ4v) is 2.73. The highest BCUT2D eigenvalue weighted by atomic mass is 16.4. The number of nitrogens with two attached hydrogens (primary N) is 1. The summed E-state index contributed by atoms with van der Waals surface area (Å²) in [5, 5.41) is 10.3. The average molecular weight is 259 g/mol. The fraction of sp³-hybridized carbons (Fsp3) is 0.357. The summed E-state index contributed by atoms with van der Waals surface area (Å²) in [6.45, 7) is 1.86. The maximum absolute atomic E-state index is 11.1. The Morgan fingerprint density at radius 3 is 3.00 bits per heavy atom. The quantitative estimate of drug-likeness (QED) is 0.772. The molecule has 0 aliphatic carbocycles. The van der Waals surface area contributed by atoms with Crippen molar-refractivity contribution >= 4 is 16.9 Å². The molecule has 5 heteroatoms. The van der Waals surface area contributed by atoms with Crippen LogP contribution < -0.4 is 5.73 Å². The van der Waals surface area contributed by atoms with Crippen LogP contribution in [0.2, 0.25) is 0 Å². The second-order valence-corrected chi connectivity index (χ2v) is 5.28. The van der Waals surface area contributed by atoms with E-state index in [0.717, 1.165) is 18.6 Å². The van der Waals surface area contributed by atoms with E-state index in [4.69, 9.17) is 10.8 Å². The van der Waals surface area contributed by atoms with E-state index < -0.39 is 11.5 Å². The van der Waals surface area contributed by atoms with Crippen LogP contribution in [0.1, 0.15) is 12.0 Å². The summed E-state index contributed by atoms with van der Waals surface area (Å²) in [6.07, 6.45) is 2.49. The topological polar surface area (TPSA) is 82.3 Å². The van der Waals surface area contributed by atoms with Gasteiger partial charge in [0, 0.05) is 36.7 Å². The molecule has 100 valence electrons. The zero-order valence-electron chi connectivity index (χ0n) is 10.6. The smallest absolute Gasteiger partial charge is 0.325 e. The number of nitrogens with zero attached hydrogens (tertiary/aromatic N) is 1. The molecular formula is C14H17N3O2. The number of nitrogens with one attached hydrogen (secondary N) is 1. The number of aromatic amines is 1. The van der Waals surface area contributed by atoms with Crippen molar-refractivity contribution in [2.24, 2.45) is 5.73 Å². The van der Waals surface area contributed by atoms with E-state index in [1.165, 1.54) is 10.9 Å². The van der Waals surface area contributed by atoms with Gasteiger partial charge in [-0.05, 0) is 18.1 Å². The van der Waals surface area contributed by atoms with Crippen LogP contribution in [0, 0.1) is 0 Å². The van der Waals surface area contributed by atoms with Gasteiger partial charge in [0.25, 0.3) is 0 Å². The normalized spacial score (nSPS) is 24.1. The van der Waals surface area contributed by atoms with E-state index in [1.54, 1.807) is 0 Å². The summed E-state index contributed by atoms with van der Waals surface area (Å²) in [5.74, 6) is -0.908. The van der Waals surface area contributed by atoms with Gasteiger partial charge in [-0.25, -0.2) is 0 Å². The standard InChI is InChI=1S/C14H17N3O2/c15-14(13(18)19)5-6-17(9-14)8-10-7-16-12-4-2-1-3-11(10)12/h1-4,7,16H,5-6,8-9,15H2,(H,18,19). The van der Waals surface area contributed by atoms with Gasteiger partial charge < -0.3 is 15.8 Å². The number of carbonyl (C=O) groups is 1. The Labute approximate surface area is 111 Å². The van der Waals surface area contributed by atoms with Crippen molar-refractivity contribution < 1.29 is 9.90 Å². The minimum Gasteiger partial charge on any atom is -0.480 e. The second kappa shape index (κ2) is 4.36. The monoisotopic (exact) mass is 259 g/mol. The van der Waals surface area contributed by atoms with Gasteiger partial charge in [0.05, 0.1) is 0 Å². The third-order valence-corrected chi connectivity index (χ3v) is 3.87. The number of para-hydroxylation sites is 1. The largest absolute Gasteiger partial charge is 0.480 e. The van der Waals surface area contributed by atoms with E-state index in [0.29, 0.717) is 13.0 Å². The summed E-state index contributed by atoms with van der Waals surface area (Å²) in [7, 11) is 0. The first-order valence-corrected chi connectivity index (χ1v) is 6.38. The Balaban J connectivity index is 1.78. The zero-order chi connectivity index (χ0) is 13.5. The van der Waals surface area contributed by atoms with Gasteiger partial charge in [-0.1, -0.05) is 18.2 Å². The number of likely N-dealkylation sites (tertiary alicyclic amines) is 1. The fourth-order valence-electron chi connectivity index (χ4n) is 2.73. The molecule has 0 saturated carbocycles. The molecule has 1 aliphatic rings. The van der Waals surface area contributed by atoms with Gasteiger partial charge >= 0.3 is 5.97 Å². The van der Waals surface area contributed by atoms with Crippen LogP contribution in [0.25, 0.3) is 10.9 Å². The summed E-state index contributed by atoms with van der Waals surface area (Å²) < 4.78 is 0. The van der Waals surface area contributed by atoms with Crippen molar-refractivity contribution in [2.45, 2.75) is 18.5 Å². The molecule has 4 N–H and O–H groups in total. The van der Waals surface area contributed by atoms with Gasteiger partial charge in [0.15, 0.2) is 0 Å². The maximum atomic E-state index is 11.1. The van der Waals surface area contributed by atoms with E-state index in [9.17, 15) is 4.79 Å². The number of carboxylic acids is 1. The summed E-state index contributed by atoms with van der Waals surface area (Å²) >= 11 is 0. The minimum atomic E-state index is -1.09. The van der Waals surface area contributed by atoms with Crippen LogP contribution in [-0.4, -0.2) is 39.6 Å². The highest BCUT2D eigenvalue weighted by molar-refractivity contribution is 5.83. The van der Waals surface area contributed by atoms with Crippen LogP contribution in [0.4, 0.5) is 0 Å². The van der Waals surface area contributed by atoms with Crippen molar-refractivity contribution in [1.29, 1.82) is 0 Å². The molecule has 1 saturated heterocycles. The molecule has 3 rings (SSSR count). The Hall–Kier alpha value is -1.85.